The molecular formula is C15H10BrNOS. The van der Waals surface area contributed by atoms with Crippen LogP contribution in [0.4, 0.5) is 0 Å². The van der Waals surface area contributed by atoms with Crippen molar-refractivity contribution in [2.24, 2.45) is 0 Å². The van der Waals surface area contributed by atoms with Gasteiger partial charge >= 0.3 is 0 Å². The van der Waals surface area contributed by atoms with Crippen LogP contribution in [0.15, 0.2) is 53.0 Å². The highest BCUT2D eigenvalue weighted by Crippen LogP contribution is 2.23. The summed E-state index contributed by atoms with van der Waals surface area (Å²) in [7, 11) is 0. The molecule has 0 saturated heterocycles. The number of halogens is 1. The fraction of sp³-hybridized carbons (Fsp3) is 0.0667. The normalized spacial score (nSPS) is 10.8. The van der Waals surface area contributed by atoms with Crippen molar-refractivity contribution >= 4 is 43.3 Å². The van der Waals surface area contributed by atoms with E-state index < -0.39 is 0 Å². The minimum absolute atomic E-state index is 0.0976. The van der Waals surface area contributed by atoms with Crippen molar-refractivity contribution in [3.63, 3.8) is 0 Å². The fourth-order valence-corrected chi connectivity index (χ4v) is 3.26. The van der Waals surface area contributed by atoms with Crippen LogP contribution in [-0.4, -0.2) is 10.8 Å². The monoisotopic (exact) mass is 331 g/mol. The zero-order valence-corrected chi connectivity index (χ0v) is 12.4. The molecule has 0 atom stereocenters. The van der Waals surface area contributed by atoms with Gasteiger partial charge in [-0.2, -0.15) is 0 Å². The van der Waals surface area contributed by atoms with Crippen molar-refractivity contribution in [2.75, 3.05) is 0 Å². The van der Waals surface area contributed by atoms with Crippen LogP contribution in [0, 0.1) is 0 Å². The zero-order chi connectivity index (χ0) is 13.2. The number of hydrogen-bond acceptors (Lipinski definition) is 3. The third kappa shape index (κ3) is 2.74. The van der Waals surface area contributed by atoms with Crippen LogP contribution in [0.25, 0.3) is 10.2 Å². The summed E-state index contributed by atoms with van der Waals surface area (Å²) < 4.78 is 2.04. The maximum Gasteiger partial charge on any atom is 0.169 e. The summed E-state index contributed by atoms with van der Waals surface area (Å²) >= 11 is 4.96. The molecule has 0 bridgehead atoms. The highest BCUT2D eigenvalue weighted by molar-refractivity contribution is 9.10. The maximum absolute atomic E-state index is 12.2. The fourth-order valence-electron chi connectivity index (χ4n) is 1.90. The van der Waals surface area contributed by atoms with Crippen LogP contribution in [0.3, 0.4) is 0 Å². The van der Waals surface area contributed by atoms with E-state index >= 15 is 0 Å². The standard InChI is InChI=1S/C15H10BrNOS/c16-11-5-3-4-10(8-11)13(18)9-15-17-12-6-1-2-7-14(12)19-15/h1-8H,9H2. The molecule has 1 heterocycles. The van der Waals surface area contributed by atoms with E-state index in [4.69, 9.17) is 0 Å². The lowest BCUT2D eigenvalue weighted by atomic mass is 10.1. The number of aromatic nitrogens is 1. The zero-order valence-electron chi connectivity index (χ0n) is 9.97. The molecule has 19 heavy (non-hydrogen) atoms. The molecule has 0 aliphatic carbocycles. The Morgan fingerprint density at radius 2 is 2.00 bits per heavy atom. The van der Waals surface area contributed by atoms with E-state index in [1.54, 1.807) is 11.3 Å². The van der Waals surface area contributed by atoms with E-state index in [9.17, 15) is 4.79 Å². The predicted octanol–water partition coefficient (Wildman–Crippen LogP) is 4.48. The van der Waals surface area contributed by atoms with Crippen LogP contribution in [0.5, 0.6) is 0 Å². The Labute approximate surface area is 123 Å². The number of ketones is 1. The molecular weight excluding hydrogens is 322 g/mol. The molecule has 0 fully saturated rings. The predicted molar refractivity (Wildman–Crippen MR) is 81.8 cm³/mol. The van der Waals surface area contributed by atoms with E-state index in [1.807, 2.05) is 48.5 Å². The summed E-state index contributed by atoms with van der Waals surface area (Å²) in [6, 6.07) is 15.4. The van der Waals surface area contributed by atoms with Gasteiger partial charge in [-0.25, -0.2) is 4.98 Å². The number of rotatable bonds is 3. The average molecular weight is 332 g/mol. The lowest BCUT2D eigenvalue weighted by Crippen LogP contribution is -2.02. The Morgan fingerprint density at radius 3 is 2.79 bits per heavy atom. The number of nitrogens with zero attached hydrogens (tertiary/aromatic N) is 1. The van der Waals surface area contributed by atoms with Crippen molar-refractivity contribution in [2.45, 2.75) is 6.42 Å². The summed E-state index contributed by atoms with van der Waals surface area (Å²) in [5, 5.41) is 0.867. The van der Waals surface area contributed by atoms with Gasteiger partial charge in [-0.15, -0.1) is 11.3 Å². The second-order valence-electron chi connectivity index (χ2n) is 4.19. The van der Waals surface area contributed by atoms with Crippen molar-refractivity contribution in [3.8, 4) is 0 Å². The van der Waals surface area contributed by atoms with E-state index in [2.05, 4.69) is 20.9 Å². The molecule has 0 amide bonds. The number of benzene rings is 2. The first-order valence-corrected chi connectivity index (χ1v) is 7.46. The second kappa shape index (κ2) is 5.23. The molecule has 0 aliphatic rings. The Bertz CT molecular complexity index is 717. The Balaban J connectivity index is 1.86. The van der Waals surface area contributed by atoms with E-state index in [1.165, 1.54) is 0 Å². The molecule has 0 radical (unpaired) electrons. The van der Waals surface area contributed by atoms with Gasteiger partial charge in [-0.05, 0) is 24.3 Å². The van der Waals surface area contributed by atoms with E-state index in [0.717, 1.165) is 19.7 Å². The minimum Gasteiger partial charge on any atom is -0.294 e. The second-order valence-corrected chi connectivity index (χ2v) is 6.22. The van der Waals surface area contributed by atoms with Gasteiger partial charge in [0.05, 0.1) is 16.6 Å². The number of carbonyl (C=O) groups is 1. The third-order valence-corrected chi connectivity index (χ3v) is 4.33. The van der Waals surface area contributed by atoms with E-state index in [-0.39, 0.29) is 5.78 Å². The topological polar surface area (TPSA) is 30.0 Å². The molecule has 2 aromatic carbocycles. The first-order chi connectivity index (χ1) is 9.22. The molecule has 0 spiro atoms. The van der Waals surface area contributed by atoms with Crippen molar-refractivity contribution in [1.82, 2.24) is 4.98 Å². The third-order valence-electron chi connectivity index (χ3n) is 2.80. The van der Waals surface area contributed by atoms with Crippen LogP contribution in [-0.2, 0) is 6.42 Å². The molecule has 3 aromatic rings. The highest BCUT2D eigenvalue weighted by Gasteiger charge is 2.11. The molecule has 1 aromatic heterocycles. The molecule has 2 nitrogen and oxygen atoms in total. The lowest BCUT2D eigenvalue weighted by molar-refractivity contribution is 0.0993. The number of fused-ring (bicyclic) bond motifs is 1. The van der Waals surface area contributed by atoms with Gasteiger partial charge in [0.2, 0.25) is 0 Å². The minimum atomic E-state index is 0.0976. The number of thiazole rings is 1. The summed E-state index contributed by atoms with van der Waals surface area (Å²) in [4.78, 5) is 16.7. The van der Waals surface area contributed by atoms with Gasteiger partial charge in [0.1, 0.15) is 5.01 Å². The molecule has 0 unspecified atom stereocenters. The van der Waals surface area contributed by atoms with Crippen LogP contribution >= 0.6 is 27.3 Å². The van der Waals surface area contributed by atoms with Crippen molar-refractivity contribution in [3.05, 3.63) is 63.6 Å². The number of carbonyl (C=O) groups excluding carboxylic acids is 1. The number of Topliss-reactive ketones (excluding diaryl/α,β-unsaturated/α-hetero) is 1. The first-order valence-electron chi connectivity index (χ1n) is 5.85. The number of para-hydroxylation sites is 1. The summed E-state index contributed by atoms with van der Waals surface area (Å²) in [5.41, 5.74) is 1.68. The van der Waals surface area contributed by atoms with Crippen molar-refractivity contribution < 1.29 is 4.79 Å². The molecule has 0 aliphatic heterocycles. The smallest absolute Gasteiger partial charge is 0.169 e. The largest absolute Gasteiger partial charge is 0.294 e. The van der Waals surface area contributed by atoms with Gasteiger partial charge in [0.25, 0.3) is 0 Å². The molecule has 0 saturated carbocycles. The SMILES string of the molecule is O=C(Cc1nc2ccccc2s1)c1cccc(Br)c1. The molecule has 4 heteroatoms. The highest BCUT2D eigenvalue weighted by atomic mass is 79.9. The van der Waals surface area contributed by atoms with Gasteiger partial charge in [0, 0.05) is 10.0 Å². The van der Waals surface area contributed by atoms with Gasteiger partial charge < -0.3 is 0 Å². The lowest BCUT2D eigenvalue weighted by Gasteiger charge is -1.99. The van der Waals surface area contributed by atoms with Gasteiger partial charge in [-0.3, -0.25) is 4.79 Å². The van der Waals surface area contributed by atoms with Crippen molar-refractivity contribution in [1.29, 1.82) is 0 Å². The maximum atomic E-state index is 12.2. The Kier molecular flexibility index (Phi) is 3.44. The van der Waals surface area contributed by atoms with Crippen LogP contribution in [0.2, 0.25) is 0 Å². The molecule has 3 rings (SSSR count). The van der Waals surface area contributed by atoms with E-state index in [0.29, 0.717) is 12.0 Å². The summed E-state index contributed by atoms with van der Waals surface area (Å²) in [6.07, 6.45) is 0.357. The van der Waals surface area contributed by atoms with Crippen LogP contribution in [0.1, 0.15) is 15.4 Å². The van der Waals surface area contributed by atoms with Gasteiger partial charge in [-0.1, -0.05) is 40.2 Å². The summed E-state index contributed by atoms with van der Waals surface area (Å²) in [5.74, 6) is 0.0976. The Hall–Kier alpha value is -1.52. The average Bonchev–Trinajstić information content (AvgIpc) is 2.80. The van der Waals surface area contributed by atoms with Gasteiger partial charge in [0.15, 0.2) is 5.78 Å². The Morgan fingerprint density at radius 1 is 1.16 bits per heavy atom. The quantitative estimate of drug-likeness (QED) is 0.662. The first kappa shape index (κ1) is 12.5. The van der Waals surface area contributed by atoms with Crippen LogP contribution < -0.4 is 0 Å². The number of hydrogen-bond donors (Lipinski definition) is 0. The summed E-state index contributed by atoms with van der Waals surface area (Å²) in [6.45, 7) is 0. The molecule has 94 valence electrons. The molecule has 0 N–H and O–H groups in total.